The molecule has 6 nitrogen and oxygen atoms in total. The zero-order chi connectivity index (χ0) is 20.9. The van der Waals surface area contributed by atoms with E-state index in [2.05, 4.69) is 69.1 Å². The summed E-state index contributed by atoms with van der Waals surface area (Å²) in [5.41, 5.74) is 4.13. The molecule has 0 unspecified atom stereocenters. The number of aromatic nitrogens is 2. The van der Waals surface area contributed by atoms with Crippen molar-refractivity contribution in [2.45, 2.75) is 6.04 Å². The zero-order valence-corrected chi connectivity index (χ0v) is 17.2. The van der Waals surface area contributed by atoms with Crippen LogP contribution in [0.15, 0.2) is 73.1 Å². The summed E-state index contributed by atoms with van der Waals surface area (Å²) in [6, 6.07) is 22.6. The summed E-state index contributed by atoms with van der Waals surface area (Å²) in [7, 11) is 5.20. The first-order valence-corrected chi connectivity index (χ1v) is 9.69. The van der Waals surface area contributed by atoms with Gasteiger partial charge in [-0.1, -0.05) is 42.5 Å². The lowest BCUT2D eigenvalue weighted by atomic mass is 9.99. The molecule has 0 amide bonds. The fraction of sp³-hybridized carbons (Fsp3) is 0.167. The van der Waals surface area contributed by atoms with E-state index in [1.807, 2.05) is 25.2 Å². The van der Waals surface area contributed by atoms with Crippen LogP contribution < -0.4 is 20.1 Å². The molecule has 30 heavy (non-hydrogen) atoms. The van der Waals surface area contributed by atoms with Gasteiger partial charge in [-0.3, -0.25) is 0 Å². The van der Waals surface area contributed by atoms with Gasteiger partial charge in [0.2, 0.25) is 0 Å². The highest BCUT2D eigenvalue weighted by molar-refractivity contribution is 5.93. The number of methoxy groups -OCH3 is 2. The molecule has 152 valence electrons. The molecule has 1 aromatic heterocycles. The molecule has 0 saturated carbocycles. The van der Waals surface area contributed by atoms with Crippen LogP contribution in [0.25, 0.3) is 10.9 Å². The van der Waals surface area contributed by atoms with Crippen LogP contribution in [-0.2, 0) is 0 Å². The molecule has 3 aromatic carbocycles. The van der Waals surface area contributed by atoms with Crippen molar-refractivity contribution in [1.29, 1.82) is 0 Å². The SMILES string of the molecule is CN[C@H](c1ccccc1)c1ccc(Nc2ncnc3cc(OC)c(OC)cc23)cc1. The number of hydrogen-bond donors (Lipinski definition) is 2. The maximum atomic E-state index is 5.43. The normalized spacial score (nSPS) is 11.8. The number of rotatable bonds is 7. The highest BCUT2D eigenvalue weighted by Gasteiger charge is 2.13. The van der Waals surface area contributed by atoms with E-state index in [0.29, 0.717) is 17.3 Å². The Morgan fingerprint density at radius 3 is 2.13 bits per heavy atom. The molecule has 6 heteroatoms. The van der Waals surface area contributed by atoms with Gasteiger partial charge in [0, 0.05) is 17.1 Å². The summed E-state index contributed by atoms with van der Waals surface area (Å²) in [4.78, 5) is 8.78. The van der Waals surface area contributed by atoms with Gasteiger partial charge >= 0.3 is 0 Å². The molecule has 4 aromatic rings. The van der Waals surface area contributed by atoms with E-state index in [0.717, 1.165) is 16.6 Å². The highest BCUT2D eigenvalue weighted by atomic mass is 16.5. The number of fused-ring (bicyclic) bond motifs is 1. The molecule has 0 aliphatic carbocycles. The minimum atomic E-state index is 0.136. The topological polar surface area (TPSA) is 68.3 Å². The predicted octanol–water partition coefficient (Wildman–Crippen LogP) is 4.70. The minimum Gasteiger partial charge on any atom is -0.493 e. The maximum absolute atomic E-state index is 5.43. The molecule has 4 rings (SSSR count). The number of benzene rings is 3. The summed E-state index contributed by atoms with van der Waals surface area (Å²) in [6.45, 7) is 0. The van der Waals surface area contributed by atoms with Crippen LogP contribution in [0.4, 0.5) is 11.5 Å². The van der Waals surface area contributed by atoms with Crippen LogP contribution in [0.2, 0.25) is 0 Å². The lowest BCUT2D eigenvalue weighted by molar-refractivity contribution is 0.356. The van der Waals surface area contributed by atoms with E-state index in [1.54, 1.807) is 14.2 Å². The third kappa shape index (κ3) is 3.90. The average Bonchev–Trinajstić information content (AvgIpc) is 2.80. The molecule has 0 fully saturated rings. The van der Waals surface area contributed by atoms with Gasteiger partial charge in [-0.2, -0.15) is 0 Å². The molecule has 0 spiro atoms. The van der Waals surface area contributed by atoms with Gasteiger partial charge in [0.05, 0.1) is 25.8 Å². The Hall–Kier alpha value is -3.64. The minimum absolute atomic E-state index is 0.136. The Kier molecular flexibility index (Phi) is 5.77. The number of hydrogen-bond acceptors (Lipinski definition) is 6. The van der Waals surface area contributed by atoms with Crippen molar-refractivity contribution in [2.75, 3.05) is 26.6 Å². The van der Waals surface area contributed by atoms with Crippen LogP contribution in [0, 0.1) is 0 Å². The van der Waals surface area contributed by atoms with Crippen molar-refractivity contribution < 1.29 is 9.47 Å². The lowest BCUT2D eigenvalue weighted by Crippen LogP contribution is -2.17. The van der Waals surface area contributed by atoms with Crippen molar-refractivity contribution >= 4 is 22.4 Å². The molecule has 0 radical (unpaired) electrons. The van der Waals surface area contributed by atoms with E-state index in [4.69, 9.17) is 9.47 Å². The van der Waals surface area contributed by atoms with Crippen molar-refractivity contribution in [3.8, 4) is 11.5 Å². The Labute approximate surface area is 175 Å². The first-order valence-electron chi connectivity index (χ1n) is 9.69. The number of ether oxygens (including phenoxy) is 2. The number of nitrogens with zero attached hydrogens (tertiary/aromatic N) is 2. The van der Waals surface area contributed by atoms with Gasteiger partial charge in [0.1, 0.15) is 12.1 Å². The standard InChI is InChI=1S/C24H24N4O2/c1-25-23(16-7-5-4-6-8-16)17-9-11-18(12-10-17)28-24-19-13-21(29-2)22(30-3)14-20(19)26-15-27-24/h4-15,23,25H,1-3H3,(H,26,27,28)/t23-/m1/s1. The Balaban J connectivity index is 1.63. The van der Waals surface area contributed by atoms with Crippen molar-refractivity contribution in [1.82, 2.24) is 15.3 Å². The second kappa shape index (κ2) is 8.80. The van der Waals surface area contributed by atoms with E-state index in [1.165, 1.54) is 17.5 Å². The fourth-order valence-electron chi connectivity index (χ4n) is 3.55. The molecular formula is C24H24N4O2. The van der Waals surface area contributed by atoms with E-state index < -0.39 is 0 Å². The van der Waals surface area contributed by atoms with E-state index in [-0.39, 0.29) is 6.04 Å². The van der Waals surface area contributed by atoms with Crippen LogP contribution in [0.3, 0.4) is 0 Å². The molecule has 0 aliphatic rings. The molecular weight excluding hydrogens is 376 g/mol. The summed E-state index contributed by atoms with van der Waals surface area (Å²) in [5, 5.41) is 7.63. The van der Waals surface area contributed by atoms with E-state index >= 15 is 0 Å². The molecule has 0 saturated heterocycles. The van der Waals surface area contributed by atoms with Crippen LogP contribution in [0.1, 0.15) is 17.2 Å². The quantitative estimate of drug-likeness (QED) is 0.469. The van der Waals surface area contributed by atoms with Crippen LogP contribution in [-0.4, -0.2) is 31.2 Å². The molecule has 1 heterocycles. The van der Waals surface area contributed by atoms with E-state index in [9.17, 15) is 0 Å². The summed E-state index contributed by atoms with van der Waals surface area (Å²) in [5.74, 6) is 1.98. The third-order valence-electron chi connectivity index (χ3n) is 5.07. The first kappa shape index (κ1) is 19.7. The second-order valence-corrected chi connectivity index (χ2v) is 6.83. The van der Waals surface area contributed by atoms with Crippen molar-refractivity contribution in [2.24, 2.45) is 0 Å². The molecule has 0 aliphatic heterocycles. The van der Waals surface area contributed by atoms with Gasteiger partial charge in [0.25, 0.3) is 0 Å². The number of anilines is 2. The van der Waals surface area contributed by atoms with Gasteiger partial charge in [-0.25, -0.2) is 9.97 Å². The average molecular weight is 400 g/mol. The maximum Gasteiger partial charge on any atom is 0.162 e. The van der Waals surface area contributed by atoms with Crippen molar-refractivity contribution in [3.63, 3.8) is 0 Å². The lowest BCUT2D eigenvalue weighted by Gasteiger charge is -2.18. The summed E-state index contributed by atoms with van der Waals surface area (Å²) in [6.07, 6.45) is 1.54. The summed E-state index contributed by atoms with van der Waals surface area (Å²) < 4.78 is 10.8. The Morgan fingerprint density at radius 2 is 1.47 bits per heavy atom. The molecule has 2 N–H and O–H groups in total. The Bertz CT molecular complexity index is 1130. The zero-order valence-electron chi connectivity index (χ0n) is 17.2. The van der Waals surface area contributed by atoms with Gasteiger partial charge in [-0.15, -0.1) is 0 Å². The largest absolute Gasteiger partial charge is 0.493 e. The number of nitrogens with one attached hydrogen (secondary N) is 2. The third-order valence-corrected chi connectivity index (χ3v) is 5.07. The predicted molar refractivity (Wildman–Crippen MR) is 120 cm³/mol. The van der Waals surface area contributed by atoms with Gasteiger partial charge < -0.3 is 20.1 Å². The first-order chi connectivity index (χ1) is 14.7. The summed E-state index contributed by atoms with van der Waals surface area (Å²) >= 11 is 0. The van der Waals surface area contributed by atoms with Gasteiger partial charge in [-0.05, 0) is 36.4 Å². The van der Waals surface area contributed by atoms with Crippen LogP contribution in [0.5, 0.6) is 11.5 Å². The van der Waals surface area contributed by atoms with Gasteiger partial charge in [0.15, 0.2) is 11.5 Å². The van der Waals surface area contributed by atoms with Crippen molar-refractivity contribution in [3.05, 3.63) is 84.2 Å². The molecule has 1 atom stereocenters. The Morgan fingerprint density at radius 1 is 0.800 bits per heavy atom. The highest BCUT2D eigenvalue weighted by Crippen LogP contribution is 2.34. The smallest absolute Gasteiger partial charge is 0.162 e. The monoisotopic (exact) mass is 400 g/mol. The van der Waals surface area contributed by atoms with Crippen LogP contribution >= 0.6 is 0 Å². The molecule has 0 bridgehead atoms. The second-order valence-electron chi connectivity index (χ2n) is 6.83. The fourth-order valence-corrected chi connectivity index (χ4v) is 3.55.